The van der Waals surface area contributed by atoms with Crippen LogP contribution < -0.4 is 16.2 Å². The van der Waals surface area contributed by atoms with Gasteiger partial charge in [0.05, 0.1) is 29.4 Å². The standard InChI is InChI=1S/C69H50N4/c70-68(71-65-25-13-9-17-51(65)40-45-27-35-58-49(39-45)31-29-47-15-7-10-22-56(47)58)53-34-38-61-60-36-28-46(41-63(60)69(64(61)43-53,54-18-3-1-4-19-54)55-20-5-2-6-21-55)44-73-66-26-14-12-24-62(66)67(72-73)52-33-37-59-50(42-52)32-30-48-16-8-11-23-57(48)59/h1-39,41-43,67,72H,40,44H2,(H2,70,71). The first-order valence-electron chi connectivity index (χ1n) is 25.3. The van der Waals surface area contributed by atoms with Crippen LogP contribution in [0.5, 0.6) is 0 Å². The normalized spacial score (nSPS) is 14.7. The third kappa shape index (κ3) is 7.13. The maximum Gasteiger partial charge on any atom is 0.131 e. The smallest absolute Gasteiger partial charge is 0.131 e. The van der Waals surface area contributed by atoms with Crippen LogP contribution in [0.3, 0.4) is 0 Å². The molecular weight excluding hydrogens is 885 g/mol. The third-order valence-electron chi connectivity index (χ3n) is 15.6. The van der Waals surface area contributed by atoms with Crippen molar-refractivity contribution < 1.29 is 0 Å². The molecule has 0 amide bonds. The highest BCUT2D eigenvalue weighted by atomic mass is 15.5. The molecule has 2 aliphatic rings. The van der Waals surface area contributed by atoms with E-state index >= 15 is 0 Å². The number of hydrogen-bond donors (Lipinski definition) is 2. The van der Waals surface area contributed by atoms with E-state index in [2.05, 4.69) is 265 Å². The predicted octanol–water partition coefficient (Wildman–Crippen LogP) is 15.9. The molecule has 1 aliphatic carbocycles. The largest absolute Gasteiger partial charge is 0.383 e. The van der Waals surface area contributed by atoms with Crippen LogP contribution in [0.1, 0.15) is 61.7 Å². The van der Waals surface area contributed by atoms with Crippen LogP contribution in [-0.4, -0.2) is 5.84 Å². The van der Waals surface area contributed by atoms with Gasteiger partial charge in [-0.3, -0.25) is 0 Å². The van der Waals surface area contributed by atoms with Gasteiger partial charge in [-0.25, -0.2) is 10.4 Å². The van der Waals surface area contributed by atoms with Crippen molar-refractivity contribution >= 4 is 60.3 Å². The van der Waals surface area contributed by atoms with Gasteiger partial charge in [-0.15, -0.1) is 0 Å². The Morgan fingerprint density at radius 1 is 0.466 bits per heavy atom. The van der Waals surface area contributed by atoms with Gasteiger partial charge in [0, 0.05) is 11.1 Å². The molecule has 4 nitrogen and oxygen atoms in total. The number of nitrogens with one attached hydrogen (secondary N) is 1. The van der Waals surface area contributed by atoms with Gasteiger partial charge in [-0.1, -0.05) is 231 Å². The summed E-state index contributed by atoms with van der Waals surface area (Å²) in [6.45, 7) is 0.676. The molecule has 3 N–H and O–H groups in total. The van der Waals surface area contributed by atoms with E-state index in [1.165, 1.54) is 104 Å². The van der Waals surface area contributed by atoms with Gasteiger partial charge in [-0.05, 0) is 129 Å². The second kappa shape index (κ2) is 17.3. The molecule has 12 aromatic rings. The van der Waals surface area contributed by atoms with E-state index in [0.717, 1.165) is 23.2 Å². The maximum absolute atomic E-state index is 7.18. The van der Waals surface area contributed by atoms with E-state index < -0.39 is 5.41 Å². The van der Waals surface area contributed by atoms with E-state index in [-0.39, 0.29) is 6.04 Å². The topological polar surface area (TPSA) is 53.6 Å². The van der Waals surface area contributed by atoms with E-state index in [4.69, 9.17) is 10.7 Å². The molecule has 0 bridgehead atoms. The van der Waals surface area contributed by atoms with Crippen molar-refractivity contribution in [2.45, 2.75) is 24.4 Å². The Kier molecular flexibility index (Phi) is 10.2. The number of amidine groups is 1. The SMILES string of the molecule is NC(=Nc1ccccc1Cc1ccc2c(ccc3ccccc32)c1)c1ccc2c(c1)C(c1ccccc1)(c1ccccc1)c1cc(CN3NC(c4ccc5c(ccc6ccccc65)c4)c4ccccc43)ccc1-2. The summed E-state index contributed by atoms with van der Waals surface area (Å²) < 4.78 is 0. The fourth-order valence-corrected chi connectivity index (χ4v) is 12.2. The van der Waals surface area contributed by atoms with Gasteiger partial charge >= 0.3 is 0 Å². The van der Waals surface area contributed by atoms with Crippen LogP contribution in [0, 0.1) is 0 Å². The van der Waals surface area contributed by atoms with Crippen LogP contribution in [0.4, 0.5) is 11.4 Å². The molecule has 1 unspecified atom stereocenters. The number of benzene rings is 12. The van der Waals surface area contributed by atoms with Gasteiger partial charge in [0.15, 0.2) is 0 Å². The summed E-state index contributed by atoms with van der Waals surface area (Å²) in [6, 6.07) is 93.0. The Labute approximate surface area is 425 Å². The summed E-state index contributed by atoms with van der Waals surface area (Å²) in [5, 5.41) is 12.4. The van der Waals surface area contributed by atoms with Gasteiger partial charge in [-0.2, -0.15) is 0 Å². The van der Waals surface area contributed by atoms with E-state index in [9.17, 15) is 0 Å². The summed E-state index contributed by atoms with van der Waals surface area (Å²) in [6.07, 6.45) is 0.739. The lowest BCUT2D eigenvalue weighted by Crippen LogP contribution is -2.34. The zero-order chi connectivity index (χ0) is 48.5. The Hall–Kier alpha value is -9.09. The molecule has 0 radical (unpaired) electrons. The maximum atomic E-state index is 7.18. The minimum absolute atomic E-state index is 0.00997. The van der Waals surface area contributed by atoms with Gasteiger partial charge < -0.3 is 10.7 Å². The molecule has 1 atom stereocenters. The van der Waals surface area contributed by atoms with Crippen molar-refractivity contribution in [3.05, 3.63) is 310 Å². The van der Waals surface area contributed by atoms with Gasteiger partial charge in [0.1, 0.15) is 5.84 Å². The molecule has 1 aliphatic heterocycles. The van der Waals surface area contributed by atoms with Crippen LogP contribution >= 0.6 is 0 Å². The quantitative estimate of drug-likeness (QED) is 0.0861. The molecule has 12 aromatic carbocycles. The highest BCUT2D eigenvalue weighted by Gasteiger charge is 2.46. The second-order valence-corrected chi connectivity index (χ2v) is 19.7. The fourth-order valence-electron chi connectivity index (χ4n) is 12.2. The van der Waals surface area contributed by atoms with Crippen LogP contribution in [0.15, 0.2) is 260 Å². The Morgan fingerprint density at radius 3 is 1.77 bits per heavy atom. The summed E-state index contributed by atoms with van der Waals surface area (Å²) in [5.74, 6) is 0.486. The van der Waals surface area contributed by atoms with Gasteiger partial charge in [0.25, 0.3) is 0 Å². The molecule has 0 saturated carbocycles. The van der Waals surface area contributed by atoms with Crippen LogP contribution in [0.2, 0.25) is 0 Å². The third-order valence-corrected chi connectivity index (χ3v) is 15.6. The first-order valence-corrected chi connectivity index (χ1v) is 25.3. The second-order valence-electron chi connectivity index (χ2n) is 19.7. The molecule has 73 heavy (non-hydrogen) atoms. The summed E-state index contributed by atoms with van der Waals surface area (Å²) in [4.78, 5) is 5.22. The molecule has 0 spiro atoms. The molecule has 4 heteroatoms. The molecule has 0 fully saturated rings. The first-order chi connectivity index (χ1) is 36.1. The minimum atomic E-state index is -0.632. The van der Waals surface area contributed by atoms with Gasteiger partial charge in [0.2, 0.25) is 0 Å². The minimum Gasteiger partial charge on any atom is -0.383 e. The Balaban J connectivity index is 0.829. The molecular formula is C69H50N4. The number of hydrogen-bond acceptors (Lipinski definition) is 3. The fraction of sp³-hybridized carbons (Fsp3) is 0.0580. The lowest BCUT2D eigenvalue weighted by atomic mass is 9.67. The zero-order valence-corrected chi connectivity index (χ0v) is 40.2. The van der Waals surface area contributed by atoms with Crippen molar-refractivity contribution in [2.75, 3.05) is 5.01 Å². The number of nitrogens with two attached hydrogens (primary N) is 1. The molecule has 0 aromatic heterocycles. The average molecular weight is 935 g/mol. The number of anilines is 1. The lowest BCUT2D eigenvalue weighted by molar-refractivity contribution is 0.604. The average Bonchev–Trinajstić information content (AvgIpc) is 4.02. The number of para-hydroxylation sites is 2. The van der Waals surface area contributed by atoms with Crippen molar-refractivity contribution in [1.82, 2.24) is 5.43 Å². The van der Waals surface area contributed by atoms with Crippen molar-refractivity contribution in [1.29, 1.82) is 0 Å². The molecule has 1 heterocycles. The monoisotopic (exact) mass is 934 g/mol. The molecule has 0 saturated heterocycles. The summed E-state index contributed by atoms with van der Waals surface area (Å²) >= 11 is 0. The lowest BCUT2D eigenvalue weighted by Gasteiger charge is -2.34. The highest BCUT2D eigenvalue weighted by molar-refractivity contribution is 6.09. The number of nitrogens with zero attached hydrogens (tertiary/aromatic N) is 2. The van der Waals surface area contributed by atoms with Crippen LogP contribution in [-0.2, 0) is 18.4 Å². The van der Waals surface area contributed by atoms with Crippen molar-refractivity contribution in [2.24, 2.45) is 10.7 Å². The molecule has 14 rings (SSSR count). The Morgan fingerprint density at radius 2 is 1.03 bits per heavy atom. The number of rotatable bonds is 9. The van der Waals surface area contributed by atoms with E-state index in [0.29, 0.717) is 12.4 Å². The van der Waals surface area contributed by atoms with E-state index in [1.54, 1.807) is 0 Å². The number of aliphatic imine (C=N–C) groups is 1. The highest BCUT2D eigenvalue weighted by Crippen LogP contribution is 2.57. The first kappa shape index (κ1) is 42.8. The summed E-state index contributed by atoms with van der Waals surface area (Å²) in [7, 11) is 0. The number of fused-ring (bicyclic) bond motifs is 10. The van der Waals surface area contributed by atoms with Crippen molar-refractivity contribution in [3.8, 4) is 11.1 Å². The Bertz CT molecular complexity index is 4120. The van der Waals surface area contributed by atoms with E-state index in [1.807, 2.05) is 0 Å². The van der Waals surface area contributed by atoms with Crippen LogP contribution in [0.25, 0.3) is 54.2 Å². The molecule has 346 valence electrons. The van der Waals surface area contributed by atoms with Crippen molar-refractivity contribution in [3.63, 3.8) is 0 Å². The number of hydrazine groups is 1. The summed E-state index contributed by atoms with van der Waals surface area (Å²) in [5.41, 5.74) is 26.8. The predicted molar refractivity (Wildman–Crippen MR) is 304 cm³/mol. The zero-order valence-electron chi connectivity index (χ0n) is 40.2.